The van der Waals surface area contributed by atoms with E-state index in [1.807, 2.05) is 12.1 Å². The summed E-state index contributed by atoms with van der Waals surface area (Å²) in [5.74, 6) is 0.0537. The van der Waals surface area contributed by atoms with E-state index >= 15 is 0 Å². The Bertz CT molecular complexity index is 964. The first kappa shape index (κ1) is 19.3. The fourth-order valence-corrected chi connectivity index (χ4v) is 3.63. The third-order valence-corrected chi connectivity index (χ3v) is 5.01. The van der Waals surface area contributed by atoms with Crippen LogP contribution in [-0.4, -0.2) is 18.0 Å². The Hall–Kier alpha value is -2.45. The molecule has 0 aliphatic heterocycles. The number of thiazole rings is 1. The lowest BCUT2D eigenvalue weighted by Gasteiger charge is -2.20. The minimum absolute atomic E-state index is 0.0900. The van der Waals surface area contributed by atoms with Crippen LogP contribution in [0.4, 0.5) is 15.2 Å². The summed E-state index contributed by atoms with van der Waals surface area (Å²) >= 11 is 4.50. The van der Waals surface area contributed by atoms with E-state index in [9.17, 15) is 9.18 Å². The molecule has 0 aliphatic rings. The first-order valence-electron chi connectivity index (χ1n) is 7.95. The van der Waals surface area contributed by atoms with Gasteiger partial charge in [-0.3, -0.25) is 9.69 Å². The normalized spacial score (nSPS) is 10.5. The molecule has 0 saturated carbocycles. The van der Waals surface area contributed by atoms with Crippen LogP contribution in [-0.2, 0) is 11.4 Å². The summed E-state index contributed by atoms with van der Waals surface area (Å²) < 4.78 is 25.3. The molecule has 3 aromatic rings. The lowest BCUT2D eigenvalue weighted by molar-refractivity contribution is -0.115. The molecule has 1 heterocycles. The minimum Gasteiger partial charge on any atom is -0.495 e. The predicted octanol–water partition coefficient (Wildman–Crippen LogP) is 5.32. The molecule has 0 unspecified atom stereocenters. The monoisotopic (exact) mass is 450 g/mol. The van der Waals surface area contributed by atoms with Gasteiger partial charge < -0.3 is 9.47 Å². The van der Waals surface area contributed by atoms with Gasteiger partial charge in [0, 0.05) is 16.8 Å². The highest BCUT2D eigenvalue weighted by Gasteiger charge is 2.21. The number of ether oxygens (including phenoxy) is 2. The van der Waals surface area contributed by atoms with Gasteiger partial charge in [-0.1, -0.05) is 28.1 Å². The second-order valence-corrected chi connectivity index (χ2v) is 7.26. The first-order chi connectivity index (χ1) is 13.0. The molecule has 0 spiro atoms. The second-order valence-electron chi connectivity index (χ2n) is 5.51. The van der Waals surface area contributed by atoms with Crippen LogP contribution in [0, 0.1) is 5.82 Å². The Labute approximate surface area is 168 Å². The first-order valence-corrected chi connectivity index (χ1v) is 9.63. The zero-order valence-electron chi connectivity index (χ0n) is 14.6. The van der Waals surface area contributed by atoms with Crippen LogP contribution in [0.1, 0.15) is 12.6 Å². The second kappa shape index (κ2) is 8.49. The average Bonchev–Trinajstić information content (AvgIpc) is 3.09. The minimum atomic E-state index is -0.459. The molecular weight excluding hydrogens is 435 g/mol. The number of carbonyl (C=O) groups is 1. The van der Waals surface area contributed by atoms with Gasteiger partial charge in [0.25, 0.3) is 0 Å². The van der Waals surface area contributed by atoms with Gasteiger partial charge in [0.05, 0.1) is 18.5 Å². The number of halogens is 2. The molecule has 0 atom stereocenters. The lowest BCUT2D eigenvalue weighted by Crippen LogP contribution is -2.23. The number of para-hydroxylation sites is 2. The molecule has 1 aromatic heterocycles. The molecule has 0 bridgehead atoms. The van der Waals surface area contributed by atoms with Crippen LogP contribution in [0.3, 0.4) is 0 Å². The zero-order chi connectivity index (χ0) is 19.4. The third-order valence-electron chi connectivity index (χ3n) is 3.64. The molecule has 8 heteroatoms. The van der Waals surface area contributed by atoms with E-state index in [0.717, 1.165) is 0 Å². The topological polar surface area (TPSA) is 51.7 Å². The quantitative estimate of drug-likeness (QED) is 0.509. The van der Waals surface area contributed by atoms with Gasteiger partial charge in [-0.25, -0.2) is 9.37 Å². The fourth-order valence-electron chi connectivity index (χ4n) is 2.43. The fraction of sp³-hybridized carbons (Fsp3) is 0.158. The summed E-state index contributed by atoms with van der Waals surface area (Å²) in [6.45, 7) is 1.55. The molecule has 2 aromatic carbocycles. The number of nitrogens with zero attached hydrogens (tertiary/aromatic N) is 2. The molecule has 0 saturated heterocycles. The van der Waals surface area contributed by atoms with Crippen LogP contribution in [0.5, 0.6) is 11.5 Å². The molecule has 0 fully saturated rings. The molecule has 27 heavy (non-hydrogen) atoms. The summed E-state index contributed by atoms with van der Waals surface area (Å²) in [5.41, 5.74) is 1.20. The number of methoxy groups -OCH3 is 1. The van der Waals surface area contributed by atoms with Crippen molar-refractivity contribution in [3.63, 3.8) is 0 Å². The summed E-state index contributed by atoms with van der Waals surface area (Å²) in [4.78, 5) is 18.2. The molecule has 0 radical (unpaired) electrons. The zero-order valence-corrected chi connectivity index (χ0v) is 17.0. The Morgan fingerprint density at radius 1 is 1.26 bits per heavy atom. The highest BCUT2D eigenvalue weighted by Crippen LogP contribution is 2.35. The predicted molar refractivity (Wildman–Crippen MR) is 106 cm³/mol. The molecule has 140 valence electrons. The largest absolute Gasteiger partial charge is 0.495 e. The smallest absolute Gasteiger partial charge is 0.230 e. The molecule has 0 aliphatic carbocycles. The lowest BCUT2D eigenvalue weighted by atomic mass is 10.2. The maximum Gasteiger partial charge on any atom is 0.230 e. The van der Waals surface area contributed by atoms with Crippen molar-refractivity contribution in [2.45, 2.75) is 13.5 Å². The van der Waals surface area contributed by atoms with E-state index in [1.165, 1.54) is 29.2 Å². The average molecular weight is 451 g/mol. The van der Waals surface area contributed by atoms with Crippen molar-refractivity contribution in [1.82, 2.24) is 4.98 Å². The number of aromatic nitrogens is 1. The standard InChI is InChI=1S/C19H16BrFN2O3S/c1-12(24)23(16-5-3-4-6-18(16)25-2)19-22-14(11-27-19)10-26-17-8-7-13(20)9-15(17)21/h3-9,11H,10H2,1-2H3. The number of amides is 1. The van der Waals surface area contributed by atoms with Crippen molar-refractivity contribution in [1.29, 1.82) is 0 Å². The molecule has 3 rings (SSSR count). The Kier molecular flexibility index (Phi) is 6.08. The van der Waals surface area contributed by atoms with Gasteiger partial charge in [-0.05, 0) is 30.3 Å². The van der Waals surface area contributed by atoms with E-state index in [0.29, 0.717) is 26.7 Å². The van der Waals surface area contributed by atoms with Gasteiger partial charge in [-0.2, -0.15) is 0 Å². The molecule has 1 amide bonds. The number of hydrogen-bond acceptors (Lipinski definition) is 5. The van der Waals surface area contributed by atoms with E-state index < -0.39 is 5.82 Å². The van der Waals surface area contributed by atoms with Crippen LogP contribution in [0.25, 0.3) is 0 Å². The molecule has 5 nitrogen and oxygen atoms in total. The van der Waals surface area contributed by atoms with Crippen molar-refractivity contribution >= 4 is 44.0 Å². The van der Waals surface area contributed by atoms with Gasteiger partial charge in [-0.15, -0.1) is 11.3 Å². The van der Waals surface area contributed by atoms with Crippen molar-refractivity contribution in [3.8, 4) is 11.5 Å². The van der Waals surface area contributed by atoms with Crippen LogP contribution >= 0.6 is 27.3 Å². The number of benzene rings is 2. The van der Waals surface area contributed by atoms with E-state index in [4.69, 9.17) is 9.47 Å². The van der Waals surface area contributed by atoms with Gasteiger partial charge in [0.1, 0.15) is 12.4 Å². The maximum atomic E-state index is 13.9. The van der Waals surface area contributed by atoms with E-state index in [2.05, 4.69) is 20.9 Å². The van der Waals surface area contributed by atoms with Crippen molar-refractivity contribution in [2.75, 3.05) is 12.0 Å². The Morgan fingerprint density at radius 2 is 2.04 bits per heavy atom. The summed E-state index contributed by atoms with van der Waals surface area (Å²) in [7, 11) is 1.55. The number of hydrogen-bond donors (Lipinski definition) is 0. The SMILES string of the molecule is COc1ccccc1N(C(C)=O)c1nc(COc2ccc(Br)cc2F)cs1. The molecular formula is C19H16BrFN2O3S. The van der Waals surface area contributed by atoms with Gasteiger partial charge >= 0.3 is 0 Å². The van der Waals surface area contributed by atoms with E-state index in [1.54, 1.807) is 36.8 Å². The summed E-state index contributed by atoms with van der Waals surface area (Å²) in [6.07, 6.45) is 0. The van der Waals surface area contributed by atoms with Crippen LogP contribution < -0.4 is 14.4 Å². The van der Waals surface area contributed by atoms with Gasteiger partial charge in [0.2, 0.25) is 5.91 Å². The number of anilines is 2. The Balaban J connectivity index is 1.81. The third kappa shape index (κ3) is 4.45. The van der Waals surface area contributed by atoms with Crippen molar-refractivity contribution in [2.24, 2.45) is 0 Å². The molecule has 0 N–H and O–H groups in total. The van der Waals surface area contributed by atoms with Gasteiger partial charge in [0.15, 0.2) is 16.7 Å². The van der Waals surface area contributed by atoms with Crippen molar-refractivity contribution < 1.29 is 18.7 Å². The summed E-state index contributed by atoms with van der Waals surface area (Å²) in [6, 6.07) is 11.8. The number of carbonyl (C=O) groups excluding carboxylic acids is 1. The van der Waals surface area contributed by atoms with Crippen LogP contribution in [0.2, 0.25) is 0 Å². The van der Waals surface area contributed by atoms with Crippen LogP contribution in [0.15, 0.2) is 52.3 Å². The Morgan fingerprint density at radius 3 is 2.74 bits per heavy atom. The van der Waals surface area contributed by atoms with E-state index in [-0.39, 0.29) is 18.3 Å². The maximum absolute atomic E-state index is 13.9. The van der Waals surface area contributed by atoms with Crippen molar-refractivity contribution in [3.05, 3.63) is 63.8 Å². The highest BCUT2D eigenvalue weighted by molar-refractivity contribution is 9.10. The highest BCUT2D eigenvalue weighted by atomic mass is 79.9. The number of rotatable bonds is 6. The summed E-state index contributed by atoms with van der Waals surface area (Å²) in [5, 5.41) is 2.26.